The highest BCUT2D eigenvalue weighted by Crippen LogP contribution is 2.15. The van der Waals surface area contributed by atoms with Crippen LogP contribution in [0.2, 0.25) is 0 Å². The van der Waals surface area contributed by atoms with Gasteiger partial charge in [-0.2, -0.15) is 0 Å². The number of aryl methyl sites for hydroxylation is 1. The summed E-state index contributed by atoms with van der Waals surface area (Å²) in [6, 6.07) is 11.3. The maximum absolute atomic E-state index is 11.9. The van der Waals surface area contributed by atoms with Crippen LogP contribution in [0.3, 0.4) is 0 Å². The van der Waals surface area contributed by atoms with Crippen LogP contribution in [0.15, 0.2) is 40.8 Å². The Hall–Kier alpha value is -1.94. The molecule has 0 fully saturated rings. The molecule has 22 heavy (non-hydrogen) atoms. The van der Waals surface area contributed by atoms with Crippen molar-refractivity contribution in [3.8, 4) is 5.75 Å². The smallest absolute Gasteiger partial charge is 0.287 e. The first-order valence-corrected chi connectivity index (χ1v) is 7.84. The first kappa shape index (κ1) is 16.4. The minimum absolute atomic E-state index is 0.140. The van der Waals surface area contributed by atoms with Gasteiger partial charge >= 0.3 is 0 Å². The van der Waals surface area contributed by atoms with E-state index >= 15 is 0 Å². The minimum atomic E-state index is -0.269. The van der Waals surface area contributed by atoms with Gasteiger partial charge in [0, 0.05) is 0 Å². The molecule has 2 aromatic rings. The Morgan fingerprint density at radius 3 is 2.86 bits per heavy atom. The van der Waals surface area contributed by atoms with E-state index in [4.69, 9.17) is 20.8 Å². The van der Waals surface area contributed by atoms with E-state index in [2.05, 4.69) is 18.3 Å². The van der Waals surface area contributed by atoms with Crippen LogP contribution in [0.4, 0.5) is 0 Å². The molecule has 1 aromatic carbocycles. The molecule has 1 atom stereocenters. The van der Waals surface area contributed by atoms with Gasteiger partial charge in [-0.05, 0) is 43.2 Å². The van der Waals surface area contributed by atoms with Crippen LogP contribution in [0.1, 0.15) is 35.7 Å². The molecule has 2 rings (SSSR count). The van der Waals surface area contributed by atoms with Crippen LogP contribution in [-0.4, -0.2) is 18.6 Å². The van der Waals surface area contributed by atoms with Gasteiger partial charge in [-0.15, -0.1) is 11.6 Å². The SMILES string of the molecule is CCc1cccc(OC(C)CNC(=O)c2ccc(CCl)o2)c1. The van der Waals surface area contributed by atoms with E-state index in [9.17, 15) is 4.79 Å². The number of furan rings is 1. The fraction of sp³-hybridized carbons (Fsp3) is 0.353. The lowest BCUT2D eigenvalue weighted by Gasteiger charge is -2.15. The molecule has 0 aliphatic heterocycles. The van der Waals surface area contributed by atoms with Crippen molar-refractivity contribution in [3.63, 3.8) is 0 Å². The van der Waals surface area contributed by atoms with Crippen molar-refractivity contribution in [3.05, 3.63) is 53.5 Å². The maximum Gasteiger partial charge on any atom is 0.287 e. The second kappa shape index (κ2) is 7.90. The summed E-state index contributed by atoms with van der Waals surface area (Å²) in [5.41, 5.74) is 1.22. The molecule has 0 aliphatic rings. The second-order valence-electron chi connectivity index (χ2n) is 5.04. The third kappa shape index (κ3) is 4.53. The van der Waals surface area contributed by atoms with Gasteiger partial charge in [-0.1, -0.05) is 19.1 Å². The molecule has 0 saturated heterocycles. The van der Waals surface area contributed by atoms with Crippen LogP contribution < -0.4 is 10.1 Å². The van der Waals surface area contributed by atoms with Crippen molar-refractivity contribution in [2.75, 3.05) is 6.54 Å². The Bertz CT molecular complexity index is 624. The summed E-state index contributed by atoms with van der Waals surface area (Å²) >= 11 is 5.64. The lowest BCUT2D eigenvalue weighted by atomic mass is 10.2. The second-order valence-corrected chi connectivity index (χ2v) is 5.31. The number of carbonyl (C=O) groups excluding carboxylic acids is 1. The van der Waals surface area contributed by atoms with Crippen molar-refractivity contribution in [2.24, 2.45) is 0 Å². The number of amides is 1. The van der Waals surface area contributed by atoms with Crippen molar-refractivity contribution >= 4 is 17.5 Å². The number of ether oxygens (including phenoxy) is 1. The maximum atomic E-state index is 11.9. The van der Waals surface area contributed by atoms with Crippen LogP contribution in [-0.2, 0) is 12.3 Å². The van der Waals surface area contributed by atoms with E-state index in [1.807, 2.05) is 25.1 Å². The molecule has 4 nitrogen and oxygen atoms in total. The summed E-state index contributed by atoms with van der Waals surface area (Å²) in [5.74, 6) is 1.63. The Morgan fingerprint density at radius 1 is 1.36 bits per heavy atom. The predicted octanol–water partition coefficient (Wildman–Crippen LogP) is 3.78. The predicted molar refractivity (Wildman–Crippen MR) is 86.5 cm³/mol. The average Bonchev–Trinajstić information content (AvgIpc) is 3.02. The van der Waals surface area contributed by atoms with Gasteiger partial charge in [0.25, 0.3) is 5.91 Å². The number of alkyl halides is 1. The van der Waals surface area contributed by atoms with Gasteiger partial charge < -0.3 is 14.5 Å². The first-order valence-electron chi connectivity index (χ1n) is 7.30. The number of rotatable bonds is 7. The van der Waals surface area contributed by atoms with Crippen LogP contribution in [0, 0.1) is 0 Å². The number of hydrogen-bond donors (Lipinski definition) is 1. The molecule has 118 valence electrons. The van der Waals surface area contributed by atoms with Crippen molar-refractivity contribution in [1.82, 2.24) is 5.32 Å². The lowest BCUT2D eigenvalue weighted by Crippen LogP contribution is -2.33. The summed E-state index contributed by atoms with van der Waals surface area (Å²) in [6.07, 6.45) is 0.822. The number of halogens is 1. The summed E-state index contributed by atoms with van der Waals surface area (Å²) in [4.78, 5) is 11.9. The van der Waals surface area contributed by atoms with E-state index in [0.29, 0.717) is 12.3 Å². The van der Waals surface area contributed by atoms with Crippen LogP contribution >= 0.6 is 11.6 Å². The highest BCUT2D eigenvalue weighted by molar-refractivity contribution is 6.16. The highest BCUT2D eigenvalue weighted by atomic mass is 35.5. The zero-order valence-corrected chi connectivity index (χ0v) is 13.5. The summed E-state index contributed by atoms with van der Waals surface area (Å²) in [5, 5.41) is 2.78. The number of nitrogens with one attached hydrogen (secondary N) is 1. The van der Waals surface area contributed by atoms with E-state index < -0.39 is 0 Å². The average molecular weight is 322 g/mol. The third-order valence-corrected chi connectivity index (χ3v) is 3.47. The quantitative estimate of drug-likeness (QED) is 0.790. The molecular weight excluding hydrogens is 302 g/mol. The number of carbonyl (C=O) groups is 1. The van der Waals surface area contributed by atoms with E-state index in [1.54, 1.807) is 12.1 Å². The molecule has 0 bridgehead atoms. The van der Waals surface area contributed by atoms with Crippen LogP contribution in [0.5, 0.6) is 5.75 Å². The van der Waals surface area contributed by atoms with Gasteiger partial charge in [0.15, 0.2) is 5.76 Å². The Morgan fingerprint density at radius 2 is 2.18 bits per heavy atom. The van der Waals surface area contributed by atoms with E-state index in [-0.39, 0.29) is 23.7 Å². The fourth-order valence-electron chi connectivity index (χ4n) is 2.01. The monoisotopic (exact) mass is 321 g/mol. The molecule has 1 aromatic heterocycles. The van der Waals surface area contributed by atoms with Crippen molar-refractivity contribution in [1.29, 1.82) is 0 Å². The molecule has 0 aliphatic carbocycles. The molecule has 5 heteroatoms. The van der Waals surface area contributed by atoms with Gasteiger partial charge in [-0.3, -0.25) is 4.79 Å². The molecule has 1 amide bonds. The van der Waals surface area contributed by atoms with Gasteiger partial charge in [0.2, 0.25) is 0 Å². The summed E-state index contributed by atoms with van der Waals surface area (Å²) in [6.45, 7) is 4.40. The minimum Gasteiger partial charge on any atom is -0.489 e. The normalized spacial score (nSPS) is 12.0. The molecule has 1 unspecified atom stereocenters. The molecular formula is C17H20ClNO3. The van der Waals surface area contributed by atoms with Gasteiger partial charge in [-0.25, -0.2) is 0 Å². The Labute approximate surface area is 135 Å². The first-order chi connectivity index (χ1) is 10.6. The summed E-state index contributed by atoms with van der Waals surface area (Å²) < 4.78 is 11.1. The zero-order chi connectivity index (χ0) is 15.9. The number of benzene rings is 1. The Kier molecular flexibility index (Phi) is 5.90. The van der Waals surface area contributed by atoms with Crippen LogP contribution in [0.25, 0.3) is 0 Å². The third-order valence-electron chi connectivity index (χ3n) is 3.21. The molecule has 0 saturated carbocycles. The van der Waals surface area contributed by atoms with Crippen molar-refractivity contribution in [2.45, 2.75) is 32.3 Å². The number of hydrogen-bond acceptors (Lipinski definition) is 3. The molecule has 1 heterocycles. The summed E-state index contributed by atoms with van der Waals surface area (Å²) in [7, 11) is 0. The highest BCUT2D eigenvalue weighted by Gasteiger charge is 2.12. The van der Waals surface area contributed by atoms with Crippen molar-refractivity contribution < 1.29 is 13.9 Å². The van der Waals surface area contributed by atoms with E-state index in [1.165, 1.54) is 5.56 Å². The largest absolute Gasteiger partial charge is 0.489 e. The van der Waals surface area contributed by atoms with E-state index in [0.717, 1.165) is 12.2 Å². The van der Waals surface area contributed by atoms with Gasteiger partial charge in [0.05, 0.1) is 12.4 Å². The lowest BCUT2D eigenvalue weighted by molar-refractivity contribution is 0.0903. The van der Waals surface area contributed by atoms with Gasteiger partial charge in [0.1, 0.15) is 17.6 Å². The molecule has 0 spiro atoms. The zero-order valence-electron chi connectivity index (χ0n) is 12.8. The Balaban J connectivity index is 1.84. The molecule has 0 radical (unpaired) electrons. The topological polar surface area (TPSA) is 51.5 Å². The molecule has 1 N–H and O–H groups in total. The fourth-order valence-corrected chi connectivity index (χ4v) is 2.15. The standard InChI is InChI=1S/C17H20ClNO3/c1-3-13-5-4-6-14(9-13)21-12(2)11-19-17(20)16-8-7-15(10-18)22-16/h4-9,12H,3,10-11H2,1-2H3,(H,19,20).